The predicted octanol–water partition coefficient (Wildman–Crippen LogP) is 2.30. The first-order valence-electron chi connectivity index (χ1n) is 5.50. The quantitative estimate of drug-likeness (QED) is 0.550. The highest BCUT2D eigenvalue weighted by Crippen LogP contribution is 2.25. The van der Waals surface area contributed by atoms with Gasteiger partial charge >= 0.3 is 0 Å². The van der Waals surface area contributed by atoms with Crippen LogP contribution in [0.2, 0.25) is 0 Å². The molecule has 1 saturated heterocycles. The number of para-hydroxylation sites is 1. The third-order valence-electron chi connectivity index (χ3n) is 2.99. The van der Waals surface area contributed by atoms with Crippen LogP contribution < -0.4 is 4.65 Å². The third-order valence-corrected chi connectivity index (χ3v) is 2.99. The molecule has 0 aromatic heterocycles. The van der Waals surface area contributed by atoms with Crippen LogP contribution >= 0.6 is 0 Å². The van der Waals surface area contributed by atoms with Crippen LogP contribution in [-0.4, -0.2) is 25.8 Å². The van der Waals surface area contributed by atoms with Gasteiger partial charge in [-0.2, -0.15) is 0 Å². The minimum atomic E-state index is -0.237. The number of benzene rings is 1. The topological polar surface area (TPSA) is 32.3 Å². The van der Waals surface area contributed by atoms with Crippen molar-refractivity contribution in [3.63, 3.8) is 0 Å². The number of quaternary nitrogens is 1. The Balaban J connectivity index is 2.19. The summed E-state index contributed by atoms with van der Waals surface area (Å²) in [4.78, 5) is 0. The lowest BCUT2D eigenvalue weighted by molar-refractivity contribution is -0.0114. The summed E-state index contributed by atoms with van der Waals surface area (Å²) in [5.74, 6) is 0. The molecule has 82 valence electrons. The largest absolute Gasteiger partial charge is 0.627 e. The Kier molecular flexibility index (Phi) is 3.05. The Morgan fingerprint density at radius 1 is 1.40 bits per heavy atom. The third kappa shape index (κ3) is 2.20. The van der Waals surface area contributed by atoms with Crippen LogP contribution in [0.15, 0.2) is 30.3 Å². The molecule has 0 radical (unpaired) electrons. The van der Waals surface area contributed by atoms with Gasteiger partial charge in [0.15, 0.2) is 0 Å². The fourth-order valence-electron chi connectivity index (χ4n) is 2.02. The molecule has 3 nitrogen and oxygen atoms in total. The van der Waals surface area contributed by atoms with Gasteiger partial charge in [-0.1, -0.05) is 25.1 Å². The van der Waals surface area contributed by atoms with E-state index >= 15 is 0 Å². The molecule has 1 aliphatic heterocycles. The van der Waals surface area contributed by atoms with E-state index in [-0.39, 0.29) is 10.8 Å². The van der Waals surface area contributed by atoms with E-state index in [1.165, 1.54) is 0 Å². The van der Waals surface area contributed by atoms with Crippen molar-refractivity contribution in [2.75, 3.05) is 19.7 Å². The van der Waals surface area contributed by atoms with Crippen LogP contribution in [0.1, 0.15) is 13.3 Å². The minimum absolute atomic E-state index is 0.108. The van der Waals surface area contributed by atoms with Crippen LogP contribution in [0, 0.1) is 5.21 Å². The standard InChI is InChI=1S/C12H17NO2/c1-2-12-10-13(14,8-9-15-12)11-6-4-3-5-7-11/h3-7,12H,2,8-10H2,1H3. The predicted molar refractivity (Wildman–Crippen MR) is 61.4 cm³/mol. The number of nitrogens with zero attached hydrogens (tertiary/aromatic N) is 1. The van der Waals surface area contributed by atoms with Crippen molar-refractivity contribution in [1.82, 2.24) is 4.65 Å². The van der Waals surface area contributed by atoms with E-state index in [2.05, 4.69) is 6.92 Å². The number of hydroxylamine groups is 2. The Morgan fingerprint density at radius 2 is 2.13 bits per heavy atom. The summed E-state index contributed by atoms with van der Waals surface area (Å²) < 4.78 is 5.29. The van der Waals surface area contributed by atoms with Gasteiger partial charge in [-0.05, 0) is 18.6 Å². The summed E-state index contributed by atoms with van der Waals surface area (Å²) in [5, 5.41) is 12.6. The maximum absolute atomic E-state index is 12.6. The van der Waals surface area contributed by atoms with Gasteiger partial charge in [-0.3, -0.25) is 0 Å². The van der Waals surface area contributed by atoms with Crippen molar-refractivity contribution in [3.8, 4) is 0 Å². The summed E-state index contributed by atoms with van der Waals surface area (Å²) in [6.45, 7) is 3.70. The molecule has 1 heterocycles. The maximum atomic E-state index is 12.6. The van der Waals surface area contributed by atoms with E-state index in [1.807, 2.05) is 30.3 Å². The molecule has 2 rings (SSSR count). The van der Waals surface area contributed by atoms with Crippen LogP contribution in [0.5, 0.6) is 0 Å². The van der Waals surface area contributed by atoms with Crippen molar-refractivity contribution in [3.05, 3.63) is 35.5 Å². The molecular formula is C12H17NO2. The monoisotopic (exact) mass is 207 g/mol. The molecule has 1 aliphatic rings. The van der Waals surface area contributed by atoms with E-state index in [1.54, 1.807) is 0 Å². The minimum Gasteiger partial charge on any atom is -0.627 e. The number of ether oxygens (including phenoxy) is 1. The van der Waals surface area contributed by atoms with Gasteiger partial charge in [0.25, 0.3) is 0 Å². The molecule has 1 aromatic rings. The Bertz CT molecular complexity index is 315. The molecule has 0 aliphatic carbocycles. The highest BCUT2D eigenvalue weighted by molar-refractivity contribution is 5.43. The molecule has 0 spiro atoms. The molecule has 1 aromatic carbocycles. The van der Waals surface area contributed by atoms with Crippen molar-refractivity contribution < 1.29 is 4.74 Å². The summed E-state index contributed by atoms with van der Waals surface area (Å²) in [7, 11) is 0. The van der Waals surface area contributed by atoms with Gasteiger partial charge in [0.2, 0.25) is 0 Å². The Hall–Kier alpha value is -0.900. The lowest BCUT2D eigenvalue weighted by Crippen LogP contribution is -2.55. The van der Waals surface area contributed by atoms with Crippen LogP contribution in [0.4, 0.5) is 5.69 Å². The highest BCUT2D eigenvalue weighted by atomic mass is 16.6. The average Bonchev–Trinajstić information content (AvgIpc) is 2.30. The molecule has 1 fully saturated rings. The molecule has 15 heavy (non-hydrogen) atoms. The number of morpholine rings is 1. The van der Waals surface area contributed by atoms with E-state index in [0.29, 0.717) is 19.7 Å². The first-order valence-corrected chi connectivity index (χ1v) is 5.50. The number of hydrogen-bond donors (Lipinski definition) is 0. The van der Waals surface area contributed by atoms with Crippen LogP contribution in [0.3, 0.4) is 0 Å². The molecule has 0 saturated carbocycles. The SMILES string of the molecule is CCC1C[N+]([O-])(c2ccccc2)CCO1. The normalized spacial score (nSPS) is 31.5. The van der Waals surface area contributed by atoms with Crippen molar-refractivity contribution in [1.29, 1.82) is 0 Å². The lowest BCUT2D eigenvalue weighted by atomic mass is 10.2. The molecule has 0 N–H and O–H groups in total. The van der Waals surface area contributed by atoms with Crippen LogP contribution in [-0.2, 0) is 4.74 Å². The lowest BCUT2D eigenvalue weighted by Gasteiger charge is -2.47. The number of rotatable bonds is 2. The zero-order chi connectivity index (χ0) is 10.7. The average molecular weight is 207 g/mol. The van der Waals surface area contributed by atoms with Gasteiger partial charge in [-0.25, -0.2) is 0 Å². The molecule has 2 unspecified atom stereocenters. The first kappa shape index (κ1) is 10.6. The van der Waals surface area contributed by atoms with Gasteiger partial charge in [0.1, 0.15) is 24.9 Å². The molecular weight excluding hydrogens is 190 g/mol. The zero-order valence-electron chi connectivity index (χ0n) is 9.06. The first-order chi connectivity index (χ1) is 7.24. The molecule has 0 amide bonds. The molecule has 2 atom stereocenters. The van der Waals surface area contributed by atoms with Crippen molar-refractivity contribution >= 4 is 5.69 Å². The van der Waals surface area contributed by atoms with E-state index in [0.717, 1.165) is 12.1 Å². The van der Waals surface area contributed by atoms with Crippen LogP contribution in [0.25, 0.3) is 0 Å². The smallest absolute Gasteiger partial charge is 0.132 e. The maximum Gasteiger partial charge on any atom is 0.132 e. The van der Waals surface area contributed by atoms with Gasteiger partial charge in [0.05, 0.1) is 6.61 Å². The molecule has 0 bridgehead atoms. The second-order valence-electron chi connectivity index (χ2n) is 4.03. The summed E-state index contributed by atoms with van der Waals surface area (Å²) >= 11 is 0. The number of hydrogen-bond acceptors (Lipinski definition) is 2. The Labute approximate surface area is 90.4 Å². The fraction of sp³-hybridized carbons (Fsp3) is 0.500. The second kappa shape index (κ2) is 4.31. The fourth-order valence-corrected chi connectivity index (χ4v) is 2.02. The summed E-state index contributed by atoms with van der Waals surface area (Å²) in [5.41, 5.74) is 0.847. The van der Waals surface area contributed by atoms with E-state index in [4.69, 9.17) is 4.74 Å². The van der Waals surface area contributed by atoms with Crippen molar-refractivity contribution in [2.24, 2.45) is 0 Å². The molecule has 3 heteroatoms. The van der Waals surface area contributed by atoms with Gasteiger partial charge in [-0.15, -0.1) is 0 Å². The van der Waals surface area contributed by atoms with Gasteiger partial charge in [0, 0.05) is 0 Å². The van der Waals surface area contributed by atoms with E-state index in [9.17, 15) is 5.21 Å². The zero-order valence-corrected chi connectivity index (χ0v) is 9.06. The summed E-state index contributed by atoms with van der Waals surface area (Å²) in [6.07, 6.45) is 1.02. The Morgan fingerprint density at radius 3 is 2.80 bits per heavy atom. The van der Waals surface area contributed by atoms with Crippen molar-refractivity contribution in [2.45, 2.75) is 19.4 Å². The van der Waals surface area contributed by atoms with E-state index < -0.39 is 0 Å². The summed E-state index contributed by atoms with van der Waals surface area (Å²) in [6, 6.07) is 9.59. The second-order valence-corrected chi connectivity index (χ2v) is 4.03. The highest BCUT2D eigenvalue weighted by Gasteiger charge is 2.29. The van der Waals surface area contributed by atoms with Gasteiger partial charge < -0.3 is 14.6 Å².